The van der Waals surface area contributed by atoms with Gasteiger partial charge in [-0.15, -0.1) is 0 Å². The minimum atomic E-state index is -0.336. The highest BCUT2D eigenvalue weighted by molar-refractivity contribution is 6.34. The van der Waals surface area contributed by atoms with Gasteiger partial charge in [0, 0.05) is 17.8 Å². The Balaban J connectivity index is 2.10. The lowest BCUT2D eigenvalue weighted by Gasteiger charge is -2.11. The molecule has 0 aliphatic heterocycles. The molecule has 3 aromatic rings. The molecule has 2 aromatic heterocycles. The second-order valence-corrected chi connectivity index (χ2v) is 4.92. The smallest absolute Gasteiger partial charge is 0.152 e. The lowest BCUT2D eigenvalue weighted by molar-refractivity contribution is 0.524. The quantitative estimate of drug-likeness (QED) is 0.771. The number of hydrogen-bond donors (Lipinski definition) is 1. The molecule has 2 heterocycles. The summed E-state index contributed by atoms with van der Waals surface area (Å²) >= 11 is 6.11. The third-order valence-electron chi connectivity index (χ3n) is 3.24. The molecule has 1 unspecified atom stereocenters. The van der Waals surface area contributed by atoms with Crippen molar-refractivity contribution in [3.05, 3.63) is 64.6 Å². The van der Waals surface area contributed by atoms with Crippen LogP contribution in [0.4, 0.5) is 0 Å². The largest absolute Gasteiger partial charge is 0.457 e. The van der Waals surface area contributed by atoms with Crippen molar-refractivity contribution in [3.8, 4) is 0 Å². The summed E-state index contributed by atoms with van der Waals surface area (Å²) in [6, 6.07) is 9.18. The number of fused-ring (bicyclic) bond motifs is 1. The zero-order valence-corrected chi connectivity index (χ0v) is 11.2. The second kappa shape index (κ2) is 4.68. The third-order valence-corrected chi connectivity index (χ3v) is 3.53. The molecule has 0 bridgehead atoms. The average molecular weight is 273 g/mol. The first-order valence-electron chi connectivity index (χ1n) is 6.01. The van der Waals surface area contributed by atoms with Crippen LogP contribution in [-0.2, 0) is 0 Å². The van der Waals surface area contributed by atoms with Crippen LogP contribution in [0, 0.1) is 6.92 Å². The molecule has 1 atom stereocenters. The molecule has 0 fully saturated rings. The van der Waals surface area contributed by atoms with E-state index in [1.807, 2.05) is 31.2 Å². The molecule has 0 aliphatic carbocycles. The van der Waals surface area contributed by atoms with E-state index >= 15 is 0 Å². The summed E-state index contributed by atoms with van der Waals surface area (Å²) in [5, 5.41) is 1.55. The highest BCUT2D eigenvalue weighted by atomic mass is 35.5. The molecule has 4 heteroatoms. The number of furan rings is 1. The predicted octanol–water partition coefficient (Wildman–Crippen LogP) is 3.84. The summed E-state index contributed by atoms with van der Waals surface area (Å²) in [5.41, 5.74) is 8.98. The highest BCUT2D eigenvalue weighted by Crippen LogP contribution is 2.31. The van der Waals surface area contributed by atoms with Crippen molar-refractivity contribution in [2.24, 2.45) is 5.73 Å². The van der Waals surface area contributed by atoms with Crippen molar-refractivity contribution in [1.82, 2.24) is 4.98 Å². The molecule has 3 rings (SSSR count). The van der Waals surface area contributed by atoms with E-state index in [0.29, 0.717) is 16.4 Å². The number of rotatable bonds is 2. The molecule has 0 amide bonds. The number of halogens is 1. The third kappa shape index (κ3) is 2.11. The Bertz CT molecular complexity index is 736. The van der Waals surface area contributed by atoms with Gasteiger partial charge in [-0.1, -0.05) is 23.7 Å². The van der Waals surface area contributed by atoms with Gasteiger partial charge in [-0.3, -0.25) is 4.98 Å². The normalized spacial score (nSPS) is 12.8. The molecule has 19 heavy (non-hydrogen) atoms. The van der Waals surface area contributed by atoms with Crippen molar-refractivity contribution in [3.63, 3.8) is 0 Å². The molecule has 96 valence electrons. The van der Waals surface area contributed by atoms with E-state index < -0.39 is 0 Å². The van der Waals surface area contributed by atoms with Crippen molar-refractivity contribution >= 4 is 22.6 Å². The van der Waals surface area contributed by atoms with Crippen LogP contribution in [0.2, 0.25) is 5.02 Å². The van der Waals surface area contributed by atoms with Crippen LogP contribution in [0.25, 0.3) is 11.0 Å². The van der Waals surface area contributed by atoms with Gasteiger partial charge in [0.15, 0.2) is 5.58 Å². The van der Waals surface area contributed by atoms with E-state index in [-0.39, 0.29) is 6.04 Å². The number of para-hydroxylation sites is 1. The minimum Gasteiger partial charge on any atom is -0.457 e. The van der Waals surface area contributed by atoms with Gasteiger partial charge in [-0.25, -0.2) is 0 Å². The maximum atomic E-state index is 6.25. The predicted molar refractivity (Wildman–Crippen MR) is 76.2 cm³/mol. The van der Waals surface area contributed by atoms with Crippen LogP contribution in [0.3, 0.4) is 0 Å². The van der Waals surface area contributed by atoms with Crippen LogP contribution < -0.4 is 5.73 Å². The summed E-state index contributed by atoms with van der Waals surface area (Å²) in [6.07, 6.45) is 3.52. The highest BCUT2D eigenvalue weighted by Gasteiger charge is 2.17. The summed E-state index contributed by atoms with van der Waals surface area (Å²) in [5.74, 6) is 0.694. The number of nitrogens with zero attached hydrogens (tertiary/aromatic N) is 1. The van der Waals surface area contributed by atoms with E-state index in [2.05, 4.69) is 4.98 Å². The van der Waals surface area contributed by atoms with E-state index in [1.165, 1.54) is 0 Å². The van der Waals surface area contributed by atoms with Crippen molar-refractivity contribution < 1.29 is 4.42 Å². The van der Waals surface area contributed by atoms with E-state index in [4.69, 9.17) is 21.8 Å². The van der Waals surface area contributed by atoms with Crippen LogP contribution in [-0.4, -0.2) is 4.98 Å². The second-order valence-electron chi connectivity index (χ2n) is 4.52. The lowest BCUT2D eigenvalue weighted by Crippen LogP contribution is -2.12. The molecule has 0 aliphatic rings. The zero-order chi connectivity index (χ0) is 13.4. The first-order valence-corrected chi connectivity index (χ1v) is 6.38. The lowest BCUT2D eigenvalue weighted by atomic mass is 10.0. The van der Waals surface area contributed by atoms with Gasteiger partial charge in [0.05, 0.1) is 11.1 Å². The Kier molecular flexibility index (Phi) is 3.01. The number of aromatic nitrogens is 1. The first-order chi connectivity index (χ1) is 9.16. The molecule has 0 radical (unpaired) electrons. The van der Waals surface area contributed by atoms with Gasteiger partial charge in [-0.05, 0) is 36.2 Å². The fourth-order valence-electron chi connectivity index (χ4n) is 2.16. The van der Waals surface area contributed by atoms with Gasteiger partial charge in [-0.2, -0.15) is 0 Å². The molecular formula is C15H13ClN2O. The topological polar surface area (TPSA) is 52.0 Å². The van der Waals surface area contributed by atoms with Gasteiger partial charge < -0.3 is 10.2 Å². The Labute approximate surface area is 116 Å². The summed E-state index contributed by atoms with van der Waals surface area (Å²) in [4.78, 5) is 4.12. The van der Waals surface area contributed by atoms with Gasteiger partial charge in [0.1, 0.15) is 5.76 Å². The minimum absolute atomic E-state index is 0.336. The Hall–Kier alpha value is -1.84. The molecule has 0 spiro atoms. The Morgan fingerprint density at radius 3 is 2.89 bits per heavy atom. The summed E-state index contributed by atoms with van der Waals surface area (Å²) < 4.78 is 5.79. The van der Waals surface area contributed by atoms with Crippen LogP contribution in [0.15, 0.2) is 47.1 Å². The van der Waals surface area contributed by atoms with Gasteiger partial charge in [0.25, 0.3) is 0 Å². The van der Waals surface area contributed by atoms with Gasteiger partial charge in [0.2, 0.25) is 0 Å². The average Bonchev–Trinajstić information content (AvgIpc) is 2.84. The van der Waals surface area contributed by atoms with E-state index in [0.717, 1.165) is 16.5 Å². The van der Waals surface area contributed by atoms with Crippen molar-refractivity contribution in [2.75, 3.05) is 0 Å². The number of benzene rings is 1. The first kappa shape index (κ1) is 12.2. The molecule has 2 N–H and O–H groups in total. The molecule has 0 saturated carbocycles. The molecular weight excluding hydrogens is 260 g/mol. The monoisotopic (exact) mass is 272 g/mol. The maximum absolute atomic E-state index is 6.25. The standard InChI is InChI=1S/C15H13ClN2O/c1-9-5-6-18-8-11(9)14(17)13-7-10-3-2-4-12(16)15(10)19-13/h2-8,14H,17H2,1H3. The number of aryl methyl sites for hydroxylation is 1. The summed E-state index contributed by atoms with van der Waals surface area (Å²) in [7, 11) is 0. The fraction of sp³-hybridized carbons (Fsp3) is 0.133. The van der Waals surface area contributed by atoms with Crippen molar-refractivity contribution in [1.29, 1.82) is 0 Å². The Morgan fingerprint density at radius 1 is 1.32 bits per heavy atom. The van der Waals surface area contributed by atoms with E-state index in [1.54, 1.807) is 18.5 Å². The molecule has 0 saturated heterocycles. The number of nitrogens with two attached hydrogens (primary N) is 1. The van der Waals surface area contributed by atoms with Crippen molar-refractivity contribution in [2.45, 2.75) is 13.0 Å². The zero-order valence-electron chi connectivity index (χ0n) is 10.4. The maximum Gasteiger partial charge on any atom is 0.152 e. The number of hydrogen-bond acceptors (Lipinski definition) is 3. The van der Waals surface area contributed by atoms with E-state index in [9.17, 15) is 0 Å². The number of pyridine rings is 1. The van der Waals surface area contributed by atoms with Gasteiger partial charge >= 0.3 is 0 Å². The molecule has 1 aromatic carbocycles. The van der Waals surface area contributed by atoms with Crippen LogP contribution in [0.1, 0.15) is 22.9 Å². The Morgan fingerprint density at radius 2 is 2.16 bits per heavy atom. The fourth-order valence-corrected chi connectivity index (χ4v) is 2.38. The SMILES string of the molecule is Cc1ccncc1C(N)c1cc2cccc(Cl)c2o1. The molecule has 3 nitrogen and oxygen atoms in total. The summed E-state index contributed by atoms with van der Waals surface area (Å²) in [6.45, 7) is 2.01. The van der Waals surface area contributed by atoms with Crippen LogP contribution in [0.5, 0.6) is 0 Å². The van der Waals surface area contributed by atoms with Crippen LogP contribution >= 0.6 is 11.6 Å².